The molecule has 25 heavy (non-hydrogen) atoms. The lowest BCUT2D eigenvalue weighted by atomic mass is 10.2. The van der Waals surface area contributed by atoms with Crippen LogP contribution in [0.1, 0.15) is 0 Å². The summed E-state index contributed by atoms with van der Waals surface area (Å²) in [5.74, 6) is -2.35. The Kier molecular flexibility index (Phi) is 4.60. The Hall–Kier alpha value is -3.42. The highest BCUT2D eigenvalue weighted by molar-refractivity contribution is 5.90. The molecule has 1 N–H and O–H groups in total. The van der Waals surface area contributed by atoms with Gasteiger partial charge in [-0.05, 0) is 12.1 Å². The van der Waals surface area contributed by atoms with E-state index in [9.17, 15) is 18.4 Å². The number of carbonyl (C=O) groups is 1. The number of carbonyl (C=O) groups excluding carboxylic acids is 1. The van der Waals surface area contributed by atoms with Crippen LogP contribution in [0.2, 0.25) is 0 Å². The van der Waals surface area contributed by atoms with Gasteiger partial charge in [0, 0.05) is 11.6 Å². The smallest absolute Gasteiger partial charge is 0.322 e. The third-order valence-corrected chi connectivity index (χ3v) is 3.32. The maximum Gasteiger partial charge on any atom is 0.365 e. The van der Waals surface area contributed by atoms with E-state index in [1.165, 1.54) is 6.20 Å². The first-order valence-electron chi connectivity index (χ1n) is 7.27. The average Bonchev–Trinajstić information content (AvgIpc) is 2.60. The monoisotopic (exact) mass is 342 g/mol. The molecule has 3 rings (SSSR count). The molecule has 8 heteroatoms. The number of anilines is 1. The Bertz CT molecular complexity index is 974. The number of aromatic nitrogens is 3. The molecule has 1 aromatic heterocycles. The molecule has 0 fully saturated rings. The number of nitrogens with one attached hydrogen (secondary N) is 1. The van der Waals surface area contributed by atoms with Crippen LogP contribution in [0.5, 0.6) is 0 Å². The van der Waals surface area contributed by atoms with E-state index < -0.39 is 29.8 Å². The van der Waals surface area contributed by atoms with Gasteiger partial charge in [0.05, 0.1) is 17.6 Å². The number of benzene rings is 2. The van der Waals surface area contributed by atoms with Crippen molar-refractivity contribution in [3.63, 3.8) is 0 Å². The molecule has 0 unspecified atom stereocenters. The summed E-state index contributed by atoms with van der Waals surface area (Å²) in [6.07, 6.45) is 1.36. The van der Waals surface area contributed by atoms with E-state index in [0.29, 0.717) is 11.8 Å². The SMILES string of the molecule is O=C(Cn1ncc(-c2ccccc2)nc1=O)Nc1ccc(F)cc1F. The number of hydrogen-bond acceptors (Lipinski definition) is 4. The third kappa shape index (κ3) is 3.92. The highest BCUT2D eigenvalue weighted by Crippen LogP contribution is 2.15. The van der Waals surface area contributed by atoms with Gasteiger partial charge in [0.2, 0.25) is 5.91 Å². The Morgan fingerprint density at radius 1 is 1.12 bits per heavy atom. The summed E-state index contributed by atoms with van der Waals surface area (Å²) >= 11 is 0. The molecular weight excluding hydrogens is 330 g/mol. The Morgan fingerprint density at radius 2 is 1.88 bits per heavy atom. The van der Waals surface area contributed by atoms with Crippen LogP contribution in [-0.2, 0) is 11.3 Å². The summed E-state index contributed by atoms with van der Waals surface area (Å²) in [5.41, 5.74) is 0.202. The summed E-state index contributed by atoms with van der Waals surface area (Å²) in [6.45, 7) is -0.447. The number of rotatable bonds is 4. The standard InChI is InChI=1S/C17H12F2N4O2/c18-12-6-7-14(13(19)8-12)21-16(24)10-23-17(25)22-15(9-20-23)11-4-2-1-3-5-11/h1-9H,10H2,(H,21,24). The van der Waals surface area contributed by atoms with Crippen molar-refractivity contribution in [2.24, 2.45) is 0 Å². The van der Waals surface area contributed by atoms with E-state index in [0.717, 1.165) is 22.4 Å². The van der Waals surface area contributed by atoms with Gasteiger partial charge in [0.1, 0.15) is 18.2 Å². The lowest BCUT2D eigenvalue weighted by Gasteiger charge is -2.08. The number of hydrogen-bond donors (Lipinski definition) is 1. The molecule has 0 saturated heterocycles. The van der Waals surface area contributed by atoms with Crippen LogP contribution in [0.4, 0.5) is 14.5 Å². The summed E-state index contributed by atoms with van der Waals surface area (Å²) in [6, 6.07) is 11.7. The van der Waals surface area contributed by atoms with Crippen LogP contribution in [-0.4, -0.2) is 20.7 Å². The quantitative estimate of drug-likeness (QED) is 0.789. The zero-order valence-electron chi connectivity index (χ0n) is 12.8. The van der Waals surface area contributed by atoms with Crippen LogP contribution < -0.4 is 11.0 Å². The Balaban J connectivity index is 1.74. The van der Waals surface area contributed by atoms with E-state index in [2.05, 4.69) is 15.4 Å². The first kappa shape index (κ1) is 16.4. The van der Waals surface area contributed by atoms with Crippen LogP contribution in [0, 0.1) is 11.6 Å². The molecule has 0 bridgehead atoms. The lowest BCUT2D eigenvalue weighted by Crippen LogP contribution is -2.31. The second kappa shape index (κ2) is 7.00. The second-order valence-corrected chi connectivity index (χ2v) is 5.12. The predicted molar refractivity (Wildman–Crippen MR) is 86.7 cm³/mol. The molecule has 0 aliphatic rings. The summed E-state index contributed by atoms with van der Waals surface area (Å²) in [4.78, 5) is 27.8. The molecule has 0 atom stereocenters. The van der Waals surface area contributed by atoms with E-state index in [1.807, 2.05) is 6.07 Å². The van der Waals surface area contributed by atoms with Gasteiger partial charge < -0.3 is 5.32 Å². The molecule has 2 aromatic carbocycles. The molecule has 0 saturated carbocycles. The Labute approximate surface area is 140 Å². The highest BCUT2D eigenvalue weighted by Gasteiger charge is 2.11. The van der Waals surface area contributed by atoms with Crippen LogP contribution >= 0.6 is 0 Å². The zero-order valence-corrected chi connectivity index (χ0v) is 12.8. The molecule has 0 spiro atoms. The average molecular weight is 342 g/mol. The molecule has 6 nitrogen and oxygen atoms in total. The van der Waals surface area contributed by atoms with Crippen molar-refractivity contribution in [2.45, 2.75) is 6.54 Å². The number of nitrogens with zero attached hydrogens (tertiary/aromatic N) is 3. The fraction of sp³-hybridized carbons (Fsp3) is 0.0588. The van der Waals surface area contributed by atoms with E-state index in [4.69, 9.17) is 0 Å². The minimum atomic E-state index is -0.911. The van der Waals surface area contributed by atoms with E-state index in [1.54, 1.807) is 24.3 Å². The molecule has 0 aliphatic carbocycles. The van der Waals surface area contributed by atoms with E-state index >= 15 is 0 Å². The van der Waals surface area contributed by atoms with Crippen molar-refractivity contribution >= 4 is 11.6 Å². The second-order valence-electron chi connectivity index (χ2n) is 5.12. The molecule has 1 amide bonds. The third-order valence-electron chi connectivity index (χ3n) is 3.32. The van der Waals surface area contributed by atoms with Gasteiger partial charge in [0.15, 0.2) is 0 Å². The highest BCUT2D eigenvalue weighted by atomic mass is 19.1. The van der Waals surface area contributed by atoms with Crippen molar-refractivity contribution in [3.05, 3.63) is 76.8 Å². The fourth-order valence-electron chi connectivity index (χ4n) is 2.14. The normalized spacial score (nSPS) is 10.5. The lowest BCUT2D eigenvalue weighted by molar-refractivity contribution is -0.117. The molecule has 1 heterocycles. The number of amides is 1. The van der Waals surface area contributed by atoms with Crippen molar-refractivity contribution in [1.29, 1.82) is 0 Å². The molecular formula is C17H12F2N4O2. The van der Waals surface area contributed by atoms with Gasteiger partial charge in [0.25, 0.3) is 0 Å². The first-order valence-corrected chi connectivity index (χ1v) is 7.27. The zero-order chi connectivity index (χ0) is 17.8. The summed E-state index contributed by atoms with van der Waals surface area (Å²) < 4.78 is 27.2. The maximum atomic E-state index is 13.5. The minimum Gasteiger partial charge on any atom is -0.322 e. The van der Waals surface area contributed by atoms with Gasteiger partial charge in [-0.3, -0.25) is 4.79 Å². The number of halogens is 2. The van der Waals surface area contributed by atoms with Crippen LogP contribution in [0.25, 0.3) is 11.3 Å². The summed E-state index contributed by atoms with van der Waals surface area (Å²) in [5, 5.41) is 6.15. The molecule has 3 aromatic rings. The van der Waals surface area contributed by atoms with Gasteiger partial charge in [-0.1, -0.05) is 30.3 Å². The molecule has 0 aliphatic heterocycles. The topological polar surface area (TPSA) is 76.9 Å². The minimum absolute atomic E-state index is 0.187. The van der Waals surface area contributed by atoms with Crippen molar-refractivity contribution in [1.82, 2.24) is 14.8 Å². The van der Waals surface area contributed by atoms with Crippen molar-refractivity contribution in [3.8, 4) is 11.3 Å². The fourth-order valence-corrected chi connectivity index (χ4v) is 2.14. The predicted octanol–water partition coefficient (Wildman–Crippen LogP) is 2.22. The largest absolute Gasteiger partial charge is 0.365 e. The van der Waals surface area contributed by atoms with Crippen LogP contribution in [0.3, 0.4) is 0 Å². The molecule has 126 valence electrons. The van der Waals surface area contributed by atoms with Crippen LogP contribution in [0.15, 0.2) is 59.5 Å². The van der Waals surface area contributed by atoms with Gasteiger partial charge >= 0.3 is 5.69 Å². The first-order chi connectivity index (χ1) is 12.0. The van der Waals surface area contributed by atoms with Gasteiger partial charge in [-0.2, -0.15) is 10.1 Å². The Morgan fingerprint density at radius 3 is 2.56 bits per heavy atom. The summed E-state index contributed by atoms with van der Waals surface area (Å²) in [7, 11) is 0. The molecule has 0 radical (unpaired) electrons. The van der Waals surface area contributed by atoms with E-state index in [-0.39, 0.29) is 5.69 Å². The van der Waals surface area contributed by atoms with Gasteiger partial charge in [-0.15, -0.1) is 0 Å². The van der Waals surface area contributed by atoms with Crippen molar-refractivity contribution in [2.75, 3.05) is 5.32 Å². The van der Waals surface area contributed by atoms with Crippen molar-refractivity contribution < 1.29 is 13.6 Å². The maximum absolute atomic E-state index is 13.5. The van der Waals surface area contributed by atoms with Gasteiger partial charge in [-0.25, -0.2) is 18.3 Å².